The molecule has 2 aromatic heterocycles. The molecule has 128 valence electrons. The molecule has 3 atom stereocenters. The van der Waals surface area contributed by atoms with Crippen molar-refractivity contribution in [3.63, 3.8) is 0 Å². The zero-order chi connectivity index (χ0) is 17.3. The summed E-state index contributed by atoms with van der Waals surface area (Å²) in [5.41, 5.74) is 0.191. The number of rotatable bonds is 4. The van der Waals surface area contributed by atoms with Crippen molar-refractivity contribution < 1.29 is 23.8 Å². The average Bonchev–Trinajstić information content (AvgIpc) is 3.09. The summed E-state index contributed by atoms with van der Waals surface area (Å²) in [5, 5.41) is 0. The molecule has 0 radical (unpaired) electrons. The standard InChI is InChI=1S/C14H16N4O6/c1-7(19)22-4-10-9(23-8(2)20)3-11(24-10)18-6-17-12-13(18)15-5-16-14(12)21/h5-6,9-11H,3-4H2,1-2H3,(H,15,16,21)/t9-,10+,11+/m0/s1/i16+1. The van der Waals surface area contributed by atoms with E-state index in [4.69, 9.17) is 14.2 Å². The highest BCUT2D eigenvalue weighted by atomic mass is 16.6. The number of fused-ring (bicyclic) bond motifs is 1. The van der Waals surface area contributed by atoms with Crippen molar-refractivity contribution in [2.24, 2.45) is 0 Å². The maximum absolute atomic E-state index is 11.7. The first kappa shape index (κ1) is 16.1. The van der Waals surface area contributed by atoms with Gasteiger partial charge in [-0.2, -0.15) is 0 Å². The maximum Gasteiger partial charge on any atom is 0.303 e. The van der Waals surface area contributed by atoms with Crippen LogP contribution in [0.15, 0.2) is 17.4 Å². The number of aromatic amines is 1. The van der Waals surface area contributed by atoms with Crippen LogP contribution in [0.25, 0.3) is 11.2 Å². The summed E-state index contributed by atoms with van der Waals surface area (Å²) in [4.78, 5) is 44.6. The molecule has 0 amide bonds. The van der Waals surface area contributed by atoms with E-state index in [1.54, 1.807) is 4.57 Å². The molecule has 1 saturated heterocycles. The Kier molecular flexibility index (Phi) is 4.30. The molecule has 1 N–H and O–H groups in total. The first-order valence-corrected chi connectivity index (χ1v) is 7.32. The molecule has 1 aliphatic heterocycles. The predicted molar refractivity (Wildman–Crippen MR) is 78.9 cm³/mol. The average molecular weight is 337 g/mol. The van der Waals surface area contributed by atoms with Gasteiger partial charge in [-0.05, 0) is 0 Å². The van der Waals surface area contributed by atoms with Gasteiger partial charge in [0.2, 0.25) is 0 Å². The second-order valence-corrected chi connectivity index (χ2v) is 5.37. The van der Waals surface area contributed by atoms with Crippen molar-refractivity contribution >= 4 is 23.1 Å². The number of imidazole rings is 1. The largest absolute Gasteiger partial charge is 0.463 e. The Morgan fingerprint density at radius 1 is 1.38 bits per heavy atom. The van der Waals surface area contributed by atoms with E-state index >= 15 is 0 Å². The first-order valence-electron chi connectivity index (χ1n) is 7.32. The van der Waals surface area contributed by atoms with Crippen molar-refractivity contribution in [3.05, 3.63) is 23.0 Å². The minimum Gasteiger partial charge on any atom is -0.463 e. The van der Waals surface area contributed by atoms with Gasteiger partial charge in [-0.15, -0.1) is 0 Å². The second kappa shape index (κ2) is 6.40. The van der Waals surface area contributed by atoms with Crippen LogP contribution in [-0.2, 0) is 23.8 Å². The lowest BCUT2D eigenvalue weighted by atomic mass is 10.2. The van der Waals surface area contributed by atoms with Gasteiger partial charge >= 0.3 is 11.9 Å². The highest BCUT2D eigenvalue weighted by Crippen LogP contribution is 2.32. The minimum atomic E-state index is -0.609. The van der Waals surface area contributed by atoms with Crippen LogP contribution < -0.4 is 5.56 Å². The van der Waals surface area contributed by atoms with Crippen LogP contribution in [0.1, 0.15) is 26.5 Å². The van der Waals surface area contributed by atoms with Gasteiger partial charge in [0, 0.05) is 20.3 Å². The number of carbonyl (C=O) groups is 2. The normalized spacial score (nSPS) is 23.3. The number of nitrogens with one attached hydrogen (secondary N) is 1. The molecule has 0 aromatic carbocycles. The molecular formula is C14H16N4O6. The molecule has 2 aromatic rings. The maximum atomic E-state index is 11.7. The van der Waals surface area contributed by atoms with Crippen LogP contribution in [-0.4, -0.2) is 50.3 Å². The fraction of sp³-hybridized carbons (Fsp3) is 0.500. The van der Waals surface area contributed by atoms with Crippen LogP contribution in [0, 0.1) is 0 Å². The third-order valence-corrected chi connectivity index (χ3v) is 3.62. The lowest BCUT2D eigenvalue weighted by molar-refractivity contribution is -0.155. The smallest absolute Gasteiger partial charge is 0.303 e. The van der Waals surface area contributed by atoms with Gasteiger partial charge in [0.05, 0.1) is 12.7 Å². The molecule has 1 fully saturated rings. The summed E-state index contributed by atoms with van der Waals surface area (Å²) >= 11 is 0. The second-order valence-electron chi connectivity index (χ2n) is 5.37. The Balaban J connectivity index is 1.85. The summed E-state index contributed by atoms with van der Waals surface area (Å²) in [6, 6.07) is 0. The zero-order valence-electron chi connectivity index (χ0n) is 13.1. The van der Waals surface area contributed by atoms with E-state index in [1.165, 1.54) is 26.5 Å². The molecule has 10 heteroatoms. The Hall–Kier alpha value is -2.75. The molecular weight excluding hydrogens is 321 g/mol. The van der Waals surface area contributed by atoms with Crippen molar-refractivity contribution in [1.29, 1.82) is 0 Å². The van der Waals surface area contributed by atoms with E-state index in [0.29, 0.717) is 12.1 Å². The van der Waals surface area contributed by atoms with E-state index in [-0.39, 0.29) is 17.7 Å². The van der Waals surface area contributed by atoms with Crippen LogP contribution in [0.4, 0.5) is 0 Å². The molecule has 3 rings (SSSR count). The predicted octanol–water partition coefficient (Wildman–Crippen LogP) is -0.0981. The Labute approximate surface area is 135 Å². The summed E-state index contributed by atoms with van der Waals surface area (Å²) in [6.45, 7) is 2.54. The van der Waals surface area contributed by atoms with Gasteiger partial charge in [-0.3, -0.25) is 19.0 Å². The lowest BCUT2D eigenvalue weighted by Crippen LogP contribution is -2.31. The van der Waals surface area contributed by atoms with Crippen molar-refractivity contribution in [1.82, 2.24) is 19.5 Å². The van der Waals surface area contributed by atoms with Gasteiger partial charge in [0.25, 0.3) is 5.56 Å². The SMILES string of the molecule is CC(=O)OC[C@H]1O[C@@H](n2cnc3c(=O)[15nH]cnc32)C[C@@H]1OC(C)=O. The summed E-state index contributed by atoms with van der Waals surface area (Å²) in [6.07, 6.45) is 1.31. The number of H-pyrrole nitrogens is 1. The number of hydrogen-bond donors (Lipinski definition) is 1. The number of esters is 2. The zero-order valence-corrected chi connectivity index (χ0v) is 13.1. The molecule has 0 saturated carbocycles. The summed E-state index contributed by atoms with van der Waals surface area (Å²) in [5.74, 6) is -0.910. The third kappa shape index (κ3) is 3.13. The van der Waals surface area contributed by atoms with Crippen LogP contribution in [0.2, 0.25) is 0 Å². The summed E-state index contributed by atoms with van der Waals surface area (Å²) in [7, 11) is 0. The van der Waals surface area contributed by atoms with Crippen LogP contribution >= 0.6 is 0 Å². The summed E-state index contributed by atoms with van der Waals surface area (Å²) < 4.78 is 17.6. The highest BCUT2D eigenvalue weighted by Gasteiger charge is 2.39. The van der Waals surface area contributed by atoms with E-state index in [0.717, 1.165) is 0 Å². The van der Waals surface area contributed by atoms with E-state index in [2.05, 4.69) is 15.0 Å². The number of nitrogens with zero attached hydrogens (tertiary/aromatic N) is 3. The Bertz CT molecular complexity index is 828. The number of aromatic nitrogens is 4. The molecule has 0 spiro atoms. The number of hydrogen-bond acceptors (Lipinski definition) is 8. The molecule has 0 aliphatic carbocycles. The fourth-order valence-corrected chi connectivity index (χ4v) is 2.63. The minimum absolute atomic E-state index is 0.0373. The molecule has 3 heterocycles. The highest BCUT2D eigenvalue weighted by molar-refractivity contribution is 5.69. The van der Waals surface area contributed by atoms with Crippen LogP contribution in [0.3, 0.4) is 0 Å². The monoisotopic (exact) mass is 337 g/mol. The molecule has 24 heavy (non-hydrogen) atoms. The Morgan fingerprint density at radius 2 is 2.17 bits per heavy atom. The topological polar surface area (TPSA) is 125 Å². The Morgan fingerprint density at radius 3 is 2.88 bits per heavy atom. The van der Waals surface area contributed by atoms with Crippen molar-refractivity contribution in [3.8, 4) is 0 Å². The first-order chi connectivity index (χ1) is 11.5. The van der Waals surface area contributed by atoms with Gasteiger partial charge in [-0.25, -0.2) is 9.97 Å². The van der Waals surface area contributed by atoms with Gasteiger partial charge in [0.15, 0.2) is 11.2 Å². The molecule has 0 unspecified atom stereocenters. The van der Waals surface area contributed by atoms with Gasteiger partial charge in [-0.1, -0.05) is 0 Å². The van der Waals surface area contributed by atoms with Gasteiger partial charge in [0.1, 0.15) is 25.0 Å². The third-order valence-electron chi connectivity index (χ3n) is 3.62. The fourth-order valence-electron chi connectivity index (χ4n) is 2.63. The quantitative estimate of drug-likeness (QED) is 0.767. The molecule has 10 nitrogen and oxygen atoms in total. The van der Waals surface area contributed by atoms with E-state index in [9.17, 15) is 14.4 Å². The van der Waals surface area contributed by atoms with E-state index < -0.39 is 30.4 Å². The number of ether oxygens (including phenoxy) is 3. The number of carbonyl (C=O) groups excluding carboxylic acids is 2. The van der Waals surface area contributed by atoms with E-state index in [1.807, 2.05) is 0 Å². The van der Waals surface area contributed by atoms with Gasteiger partial charge < -0.3 is 19.2 Å². The van der Waals surface area contributed by atoms with Crippen molar-refractivity contribution in [2.45, 2.75) is 38.7 Å². The molecule has 1 aliphatic rings. The van der Waals surface area contributed by atoms with Crippen LogP contribution in [0.5, 0.6) is 0 Å². The lowest BCUT2D eigenvalue weighted by Gasteiger charge is -2.17. The van der Waals surface area contributed by atoms with Crippen molar-refractivity contribution in [2.75, 3.05) is 6.61 Å². The molecule has 0 bridgehead atoms.